The fourth-order valence-electron chi connectivity index (χ4n) is 1.73. The molecule has 14 heavy (non-hydrogen) atoms. The van der Waals surface area contributed by atoms with Gasteiger partial charge in [0.15, 0.2) is 0 Å². The van der Waals surface area contributed by atoms with E-state index in [1.807, 2.05) is 24.3 Å². The molecule has 1 unspecified atom stereocenters. The van der Waals surface area contributed by atoms with Crippen LogP contribution in [0.1, 0.15) is 5.56 Å². The Kier molecular flexibility index (Phi) is 2.21. The maximum atomic E-state index is 5.64. The lowest BCUT2D eigenvalue weighted by Gasteiger charge is -2.17. The fourth-order valence-corrected chi connectivity index (χ4v) is 1.73. The molecule has 76 valence electrons. The molecule has 1 aliphatic heterocycles. The van der Waals surface area contributed by atoms with E-state index in [1.165, 1.54) is 5.56 Å². The SMILES string of the molecule is CN(C)CC1(c2ccc(N)cc2)CO1. The zero-order valence-electron chi connectivity index (χ0n) is 8.66. The number of benzene rings is 1. The van der Waals surface area contributed by atoms with Crippen molar-refractivity contribution in [3.63, 3.8) is 0 Å². The Balaban J connectivity index is 2.18. The van der Waals surface area contributed by atoms with Crippen LogP contribution in [0, 0.1) is 0 Å². The summed E-state index contributed by atoms with van der Waals surface area (Å²) >= 11 is 0. The molecule has 0 aliphatic carbocycles. The third-order valence-corrected chi connectivity index (χ3v) is 2.50. The van der Waals surface area contributed by atoms with Crippen molar-refractivity contribution in [2.75, 3.05) is 33.0 Å². The standard InChI is InChI=1S/C11H16N2O/c1-13(2)7-11(8-14-11)9-3-5-10(12)6-4-9/h3-6H,7-8,12H2,1-2H3. The molecular weight excluding hydrogens is 176 g/mol. The van der Waals surface area contributed by atoms with E-state index < -0.39 is 0 Å². The number of nitrogens with two attached hydrogens (primary N) is 1. The summed E-state index contributed by atoms with van der Waals surface area (Å²) in [5, 5.41) is 0. The molecule has 0 radical (unpaired) electrons. The summed E-state index contributed by atoms with van der Waals surface area (Å²) in [6.45, 7) is 1.74. The predicted octanol–water partition coefficient (Wildman–Crippen LogP) is 1.06. The van der Waals surface area contributed by atoms with Gasteiger partial charge in [0, 0.05) is 12.2 Å². The minimum atomic E-state index is -0.0722. The van der Waals surface area contributed by atoms with Crippen molar-refractivity contribution >= 4 is 5.69 Å². The van der Waals surface area contributed by atoms with Gasteiger partial charge in [-0.2, -0.15) is 0 Å². The summed E-state index contributed by atoms with van der Waals surface area (Å²) in [5.41, 5.74) is 7.59. The van der Waals surface area contributed by atoms with Crippen molar-refractivity contribution < 1.29 is 4.74 Å². The summed E-state index contributed by atoms with van der Waals surface area (Å²) in [4.78, 5) is 2.14. The number of ether oxygens (including phenoxy) is 1. The van der Waals surface area contributed by atoms with Crippen molar-refractivity contribution in [1.29, 1.82) is 0 Å². The molecule has 2 N–H and O–H groups in total. The van der Waals surface area contributed by atoms with Crippen LogP contribution in [0.5, 0.6) is 0 Å². The van der Waals surface area contributed by atoms with E-state index in [0.717, 1.165) is 18.8 Å². The van der Waals surface area contributed by atoms with E-state index in [9.17, 15) is 0 Å². The first-order valence-electron chi connectivity index (χ1n) is 4.77. The van der Waals surface area contributed by atoms with E-state index in [0.29, 0.717) is 0 Å². The highest BCUT2D eigenvalue weighted by molar-refractivity contribution is 5.42. The van der Waals surface area contributed by atoms with Gasteiger partial charge in [-0.3, -0.25) is 0 Å². The minimum absolute atomic E-state index is 0.0722. The molecule has 1 atom stereocenters. The molecule has 1 aromatic rings. The van der Waals surface area contributed by atoms with E-state index in [4.69, 9.17) is 10.5 Å². The molecule has 1 heterocycles. The van der Waals surface area contributed by atoms with E-state index >= 15 is 0 Å². The summed E-state index contributed by atoms with van der Waals surface area (Å²) in [5.74, 6) is 0. The molecule has 1 aliphatic rings. The number of nitrogens with zero attached hydrogens (tertiary/aromatic N) is 1. The first kappa shape index (κ1) is 9.49. The lowest BCUT2D eigenvalue weighted by Crippen LogP contribution is -2.27. The molecule has 2 rings (SSSR count). The Labute approximate surface area is 84.5 Å². The second-order valence-corrected chi connectivity index (χ2v) is 4.14. The van der Waals surface area contributed by atoms with Crippen LogP contribution in [0.25, 0.3) is 0 Å². The number of rotatable bonds is 3. The first-order chi connectivity index (χ1) is 6.62. The largest absolute Gasteiger partial charge is 0.399 e. The topological polar surface area (TPSA) is 41.8 Å². The van der Waals surface area contributed by atoms with Gasteiger partial charge in [-0.05, 0) is 31.8 Å². The lowest BCUT2D eigenvalue weighted by molar-refractivity contribution is 0.237. The number of hydrogen-bond donors (Lipinski definition) is 1. The van der Waals surface area contributed by atoms with Crippen LogP contribution in [-0.2, 0) is 10.3 Å². The molecule has 1 saturated heterocycles. The molecular formula is C11H16N2O. The Morgan fingerprint density at radius 1 is 1.36 bits per heavy atom. The molecule has 0 bridgehead atoms. The van der Waals surface area contributed by atoms with E-state index in [1.54, 1.807) is 0 Å². The van der Waals surface area contributed by atoms with Crippen LogP contribution in [0.3, 0.4) is 0 Å². The number of anilines is 1. The Morgan fingerprint density at radius 3 is 2.36 bits per heavy atom. The normalized spacial score (nSPS) is 25.4. The summed E-state index contributed by atoms with van der Waals surface area (Å²) in [6.07, 6.45) is 0. The van der Waals surface area contributed by atoms with Crippen LogP contribution in [0.15, 0.2) is 24.3 Å². The number of likely N-dealkylation sites (N-methyl/N-ethyl adjacent to an activating group) is 1. The zero-order chi connectivity index (χ0) is 10.2. The molecule has 1 fully saturated rings. The number of nitrogen functional groups attached to an aromatic ring is 1. The zero-order valence-corrected chi connectivity index (χ0v) is 8.66. The van der Waals surface area contributed by atoms with Crippen molar-refractivity contribution in [3.8, 4) is 0 Å². The maximum absolute atomic E-state index is 5.64. The van der Waals surface area contributed by atoms with Crippen molar-refractivity contribution in [3.05, 3.63) is 29.8 Å². The molecule has 3 nitrogen and oxygen atoms in total. The van der Waals surface area contributed by atoms with Crippen LogP contribution in [0.2, 0.25) is 0 Å². The van der Waals surface area contributed by atoms with Gasteiger partial charge in [-0.15, -0.1) is 0 Å². The van der Waals surface area contributed by atoms with Crippen LogP contribution in [0.4, 0.5) is 5.69 Å². The van der Waals surface area contributed by atoms with Gasteiger partial charge in [0.25, 0.3) is 0 Å². The van der Waals surface area contributed by atoms with Crippen molar-refractivity contribution in [1.82, 2.24) is 4.90 Å². The fraction of sp³-hybridized carbons (Fsp3) is 0.455. The van der Waals surface area contributed by atoms with Crippen LogP contribution >= 0.6 is 0 Å². The lowest BCUT2D eigenvalue weighted by atomic mass is 9.99. The Hall–Kier alpha value is -1.06. The molecule has 1 aromatic carbocycles. The minimum Gasteiger partial charge on any atom is -0.399 e. The highest BCUT2D eigenvalue weighted by Crippen LogP contribution is 2.39. The van der Waals surface area contributed by atoms with Gasteiger partial charge in [-0.25, -0.2) is 0 Å². The second-order valence-electron chi connectivity index (χ2n) is 4.14. The molecule has 0 amide bonds. The van der Waals surface area contributed by atoms with Gasteiger partial charge in [-0.1, -0.05) is 12.1 Å². The van der Waals surface area contributed by atoms with Crippen molar-refractivity contribution in [2.45, 2.75) is 5.60 Å². The monoisotopic (exact) mass is 192 g/mol. The van der Waals surface area contributed by atoms with Crippen LogP contribution in [-0.4, -0.2) is 32.1 Å². The average Bonchev–Trinajstić information content (AvgIpc) is 2.85. The number of hydrogen-bond acceptors (Lipinski definition) is 3. The predicted molar refractivity (Wildman–Crippen MR) is 57.0 cm³/mol. The van der Waals surface area contributed by atoms with Crippen molar-refractivity contribution in [2.24, 2.45) is 0 Å². The van der Waals surface area contributed by atoms with Gasteiger partial charge >= 0.3 is 0 Å². The second kappa shape index (κ2) is 3.26. The van der Waals surface area contributed by atoms with E-state index in [2.05, 4.69) is 19.0 Å². The van der Waals surface area contributed by atoms with Gasteiger partial charge in [0.05, 0.1) is 6.61 Å². The van der Waals surface area contributed by atoms with E-state index in [-0.39, 0.29) is 5.60 Å². The van der Waals surface area contributed by atoms with Gasteiger partial charge in [0.2, 0.25) is 0 Å². The maximum Gasteiger partial charge on any atom is 0.129 e. The first-order valence-corrected chi connectivity index (χ1v) is 4.77. The number of epoxide rings is 1. The van der Waals surface area contributed by atoms with Gasteiger partial charge in [0.1, 0.15) is 5.60 Å². The summed E-state index contributed by atoms with van der Waals surface area (Å²) in [7, 11) is 4.11. The summed E-state index contributed by atoms with van der Waals surface area (Å²) < 4.78 is 5.55. The highest BCUT2D eigenvalue weighted by atomic mass is 16.6. The Morgan fingerprint density at radius 2 is 1.93 bits per heavy atom. The summed E-state index contributed by atoms with van der Waals surface area (Å²) in [6, 6.07) is 7.94. The molecule has 0 aromatic heterocycles. The molecule has 0 spiro atoms. The highest BCUT2D eigenvalue weighted by Gasteiger charge is 2.46. The smallest absolute Gasteiger partial charge is 0.129 e. The average molecular weight is 192 g/mol. The third kappa shape index (κ3) is 1.74. The molecule has 3 heteroatoms. The Bertz CT molecular complexity index is 315. The quantitative estimate of drug-likeness (QED) is 0.575. The van der Waals surface area contributed by atoms with Gasteiger partial charge < -0.3 is 15.4 Å². The molecule has 0 saturated carbocycles. The third-order valence-electron chi connectivity index (χ3n) is 2.50. The van der Waals surface area contributed by atoms with Crippen LogP contribution < -0.4 is 5.73 Å².